The average Bonchev–Trinajstić information content (AvgIpc) is 2.71. The van der Waals surface area contributed by atoms with Gasteiger partial charge in [-0.2, -0.15) is 9.99 Å². The van der Waals surface area contributed by atoms with E-state index in [1.54, 1.807) is 36.4 Å². The van der Waals surface area contributed by atoms with Crippen LogP contribution in [0.1, 0.15) is 5.56 Å². The van der Waals surface area contributed by atoms with E-state index in [-0.39, 0.29) is 5.75 Å². The highest BCUT2D eigenvalue weighted by molar-refractivity contribution is 5.99. The second-order valence-corrected chi connectivity index (χ2v) is 5.35. The summed E-state index contributed by atoms with van der Waals surface area (Å²) in [5.74, 6) is 0.861. The topological polar surface area (TPSA) is 87.8 Å². The van der Waals surface area contributed by atoms with Gasteiger partial charge >= 0.3 is 0 Å². The van der Waals surface area contributed by atoms with E-state index in [0.717, 1.165) is 5.56 Å². The number of azo groups is 1. The zero-order chi connectivity index (χ0) is 18.9. The molecule has 3 aromatic carbocycles. The molecule has 7 nitrogen and oxygen atoms in total. The predicted molar refractivity (Wildman–Crippen MR) is 103 cm³/mol. The molecule has 0 aliphatic rings. The summed E-state index contributed by atoms with van der Waals surface area (Å²) >= 11 is 0. The molecule has 136 valence electrons. The largest absolute Gasteiger partial charge is 0.506 e. The van der Waals surface area contributed by atoms with Crippen LogP contribution in [0.3, 0.4) is 0 Å². The number of benzene rings is 3. The molecule has 0 saturated heterocycles. The maximum absolute atomic E-state index is 9.86. The summed E-state index contributed by atoms with van der Waals surface area (Å²) in [4.78, 5) is 9.82. The van der Waals surface area contributed by atoms with Crippen LogP contribution in [0.25, 0.3) is 0 Å². The molecule has 0 saturated carbocycles. The molecule has 0 aromatic heterocycles. The van der Waals surface area contributed by atoms with Crippen molar-refractivity contribution in [2.75, 3.05) is 12.5 Å². The highest BCUT2D eigenvalue weighted by Crippen LogP contribution is 2.26. The third-order valence-electron chi connectivity index (χ3n) is 3.51. The molecular formula is C20H18N4O3. The van der Waals surface area contributed by atoms with Gasteiger partial charge < -0.3 is 9.99 Å². The average molecular weight is 362 g/mol. The van der Waals surface area contributed by atoms with Crippen LogP contribution in [0.15, 0.2) is 94.2 Å². The highest BCUT2D eigenvalue weighted by Gasteiger charge is 2.06. The zero-order valence-corrected chi connectivity index (χ0v) is 14.6. The number of nitrogens with zero attached hydrogens (tertiary/aromatic N) is 3. The van der Waals surface area contributed by atoms with E-state index < -0.39 is 0 Å². The van der Waals surface area contributed by atoms with Crippen molar-refractivity contribution in [1.82, 2.24) is 0 Å². The molecule has 0 atom stereocenters. The Balaban J connectivity index is 1.91. The predicted octanol–water partition coefficient (Wildman–Crippen LogP) is 4.89. The lowest BCUT2D eigenvalue weighted by Crippen LogP contribution is -2.02. The van der Waals surface area contributed by atoms with E-state index in [4.69, 9.17) is 9.78 Å². The number of rotatable bonds is 6. The van der Waals surface area contributed by atoms with Crippen molar-refractivity contribution in [3.8, 4) is 11.5 Å². The van der Waals surface area contributed by atoms with E-state index in [1.807, 2.05) is 42.5 Å². The number of hydrazone groups is 1. The molecule has 0 radical (unpaired) electrons. The van der Waals surface area contributed by atoms with Crippen LogP contribution in [0.5, 0.6) is 11.5 Å². The Hall–Kier alpha value is -3.71. The maximum atomic E-state index is 9.86. The zero-order valence-electron chi connectivity index (χ0n) is 14.6. The minimum absolute atomic E-state index is 0.0421. The van der Waals surface area contributed by atoms with Gasteiger partial charge in [-0.05, 0) is 24.3 Å². The van der Waals surface area contributed by atoms with Gasteiger partial charge in [-0.25, -0.2) is 0 Å². The summed E-state index contributed by atoms with van der Waals surface area (Å²) in [5.41, 5.74) is 4.63. The lowest BCUT2D eigenvalue weighted by Gasteiger charge is -2.08. The van der Waals surface area contributed by atoms with E-state index >= 15 is 0 Å². The lowest BCUT2D eigenvalue weighted by atomic mass is 10.2. The van der Waals surface area contributed by atoms with Gasteiger partial charge in [0.05, 0.1) is 7.11 Å². The first-order valence-electron chi connectivity index (χ1n) is 8.16. The van der Waals surface area contributed by atoms with Crippen LogP contribution in [0.2, 0.25) is 0 Å². The van der Waals surface area contributed by atoms with E-state index in [2.05, 4.69) is 20.8 Å². The van der Waals surface area contributed by atoms with Gasteiger partial charge in [0.1, 0.15) is 17.1 Å². The Kier molecular flexibility index (Phi) is 6.11. The van der Waals surface area contributed by atoms with Gasteiger partial charge in [0.25, 0.3) is 0 Å². The number of nitrogens with one attached hydrogen (secondary N) is 1. The van der Waals surface area contributed by atoms with Crippen molar-refractivity contribution < 1.29 is 14.9 Å². The third-order valence-corrected chi connectivity index (χ3v) is 3.51. The minimum atomic E-state index is 0.0421. The highest BCUT2D eigenvalue weighted by atomic mass is 17.2. The van der Waals surface area contributed by atoms with E-state index in [1.165, 1.54) is 7.11 Å². The van der Waals surface area contributed by atoms with Crippen LogP contribution in [-0.2, 0) is 4.89 Å². The molecule has 3 rings (SSSR count). The Morgan fingerprint density at radius 3 is 2.37 bits per heavy atom. The second-order valence-electron chi connectivity index (χ2n) is 5.35. The number of phenols is 1. The number of para-hydroxylation sites is 3. The molecule has 0 aliphatic heterocycles. The number of hydrogen-bond donors (Lipinski definition) is 2. The first-order valence-corrected chi connectivity index (χ1v) is 8.16. The van der Waals surface area contributed by atoms with Gasteiger partial charge in [0.2, 0.25) is 5.84 Å². The Bertz CT molecular complexity index is 943. The molecule has 0 fully saturated rings. The van der Waals surface area contributed by atoms with Crippen LogP contribution < -0.4 is 10.3 Å². The summed E-state index contributed by atoms with van der Waals surface area (Å²) in [5, 5.41) is 22.5. The molecule has 7 heteroatoms. The summed E-state index contributed by atoms with van der Waals surface area (Å²) in [6, 6.07) is 23.3. The van der Waals surface area contributed by atoms with Crippen molar-refractivity contribution in [3.05, 3.63) is 84.4 Å². The fourth-order valence-electron chi connectivity index (χ4n) is 2.22. The van der Waals surface area contributed by atoms with Crippen molar-refractivity contribution in [3.63, 3.8) is 0 Å². The van der Waals surface area contributed by atoms with Crippen LogP contribution in [0, 0.1) is 0 Å². The van der Waals surface area contributed by atoms with Crippen molar-refractivity contribution >= 4 is 17.2 Å². The Morgan fingerprint density at radius 1 is 0.889 bits per heavy atom. The molecule has 0 unspecified atom stereocenters. The lowest BCUT2D eigenvalue weighted by molar-refractivity contribution is -0.177. The van der Waals surface area contributed by atoms with E-state index in [0.29, 0.717) is 23.0 Å². The monoisotopic (exact) mass is 362 g/mol. The van der Waals surface area contributed by atoms with Gasteiger partial charge in [-0.15, -0.1) is 10.2 Å². The number of hydrogen-bond acceptors (Lipinski definition) is 6. The molecule has 0 spiro atoms. The Labute approximate surface area is 156 Å². The smallest absolute Gasteiger partial charge is 0.201 e. The molecule has 0 heterocycles. The molecule has 0 bridgehead atoms. The maximum Gasteiger partial charge on any atom is 0.201 e. The fraction of sp³-hybridized carbons (Fsp3) is 0.0500. The first-order chi connectivity index (χ1) is 13.3. The fourth-order valence-corrected chi connectivity index (χ4v) is 2.22. The standard InChI is InChI=1S/C20H18N4O3/c1-26-27-19-14-8-6-12-17(19)22-24-20(15-9-3-2-4-10-15)23-21-16-11-5-7-13-18(16)25/h2-14,22,25H,1H3/b23-21?,24-20+. The first kappa shape index (κ1) is 18.1. The Morgan fingerprint density at radius 2 is 1.59 bits per heavy atom. The normalized spacial score (nSPS) is 11.5. The van der Waals surface area contributed by atoms with Crippen molar-refractivity contribution in [1.29, 1.82) is 0 Å². The molecule has 0 amide bonds. The number of aromatic hydroxyl groups is 1. The third kappa shape index (κ3) is 4.90. The molecule has 27 heavy (non-hydrogen) atoms. The molecule has 0 aliphatic carbocycles. The molecule has 3 aromatic rings. The summed E-state index contributed by atoms with van der Waals surface area (Å²) in [6.07, 6.45) is 0. The number of amidine groups is 1. The van der Waals surface area contributed by atoms with Crippen molar-refractivity contribution in [2.45, 2.75) is 0 Å². The summed E-state index contributed by atoms with van der Waals surface area (Å²) in [6.45, 7) is 0. The van der Waals surface area contributed by atoms with Crippen LogP contribution in [0.4, 0.5) is 11.4 Å². The van der Waals surface area contributed by atoms with E-state index in [9.17, 15) is 5.11 Å². The van der Waals surface area contributed by atoms with Gasteiger partial charge in [0.15, 0.2) is 5.75 Å². The molecular weight excluding hydrogens is 344 g/mol. The van der Waals surface area contributed by atoms with Crippen LogP contribution in [-0.4, -0.2) is 18.1 Å². The van der Waals surface area contributed by atoms with Crippen molar-refractivity contribution in [2.24, 2.45) is 15.3 Å². The summed E-state index contributed by atoms with van der Waals surface area (Å²) < 4.78 is 0. The second kappa shape index (κ2) is 9.12. The van der Waals surface area contributed by atoms with Crippen LogP contribution >= 0.6 is 0 Å². The quantitative estimate of drug-likeness (QED) is 0.215. The number of phenolic OH excluding ortho intramolecular Hbond substituents is 1. The van der Waals surface area contributed by atoms with Gasteiger partial charge in [-0.1, -0.05) is 54.6 Å². The summed E-state index contributed by atoms with van der Waals surface area (Å²) in [7, 11) is 1.43. The van der Waals surface area contributed by atoms with Gasteiger partial charge in [0, 0.05) is 5.56 Å². The van der Waals surface area contributed by atoms with Gasteiger partial charge in [-0.3, -0.25) is 5.43 Å². The molecule has 2 N–H and O–H groups in total. The SMILES string of the molecule is COOc1ccccc1N/N=C(/N=Nc1ccccc1O)c1ccccc1. The minimum Gasteiger partial charge on any atom is -0.506 e. The number of anilines is 1.